The van der Waals surface area contributed by atoms with Crippen molar-refractivity contribution in [1.82, 2.24) is 4.98 Å². The van der Waals surface area contributed by atoms with Crippen LogP contribution in [0, 0.1) is 0 Å². The molecule has 0 N–H and O–H groups in total. The number of aliphatic imine (C=N–C) groups is 1. The number of sulfone groups is 1. The molecule has 3 rings (SSSR count). The van der Waals surface area contributed by atoms with Crippen LogP contribution < -0.4 is 0 Å². The number of fused-ring (bicyclic) bond motifs is 1. The SMILES string of the molecule is O=S(=O)(c1ccccc1)C1C=Nc2ncccc21. The maximum atomic E-state index is 12.5. The highest BCUT2D eigenvalue weighted by Gasteiger charge is 2.32. The summed E-state index contributed by atoms with van der Waals surface area (Å²) in [5, 5.41) is -0.733. The van der Waals surface area contributed by atoms with Crippen molar-refractivity contribution >= 4 is 21.9 Å². The van der Waals surface area contributed by atoms with Crippen molar-refractivity contribution in [2.45, 2.75) is 10.1 Å². The standard InChI is InChI=1S/C13H10N2O2S/c16-18(17,10-5-2-1-3-6-10)12-9-15-13-11(12)7-4-8-14-13/h1-9,12H. The normalized spacial score (nSPS) is 17.7. The highest BCUT2D eigenvalue weighted by atomic mass is 32.2. The number of hydrogen-bond donors (Lipinski definition) is 0. The zero-order chi connectivity index (χ0) is 12.6. The molecule has 1 aliphatic rings. The Bertz CT molecular complexity index is 709. The minimum absolute atomic E-state index is 0.304. The molecule has 1 aliphatic heterocycles. The maximum Gasteiger partial charge on any atom is 0.190 e. The molecule has 0 aliphatic carbocycles. The molecule has 0 amide bonds. The van der Waals surface area contributed by atoms with Crippen LogP contribution in [0.1, 0.15) is 10.8 Å². The Balaban J connectivity index is 2.11. The van der Waals surface area contributed by atoms with Crippen LogP contribution in [0.2, 0.25) is 0 Å². The van der Waals surface area contributed by atoms with Crippen LogP contribution in [0.15, 0.2) is 58.5 Å². The first-order chi connectivity index (χ1) is 8.69. The van der Waals surface area contributed by atoms with Gasteiger partial charge in [-0.05, 0) is 18.2 Å². The van der Waals surface area contributed by atoms with Crippen LogP contribution in [0.25, 0.3) is 0 Å². The van der Waals surface area contributed by atoms with Crippen molar-refractivity contribution in [3.05, 3.63) is 54.2 Å². The molecule has 90 valence electrons. The predicted molar refractivity (Wildman–Crippen MR) is 68.8 cm³/mol. The summed E-state index contributed by atoms with van der Waals surface area (Å²) in [7, 11) is -3.44. The first-order valence-corrected chi connectivity index (χ1v) is 7.02. The molecule has 0 saturated carbocycles. The monoisotopic (exact) mass is 258 g/mol. The van der Waals surface area contributed by atoms with E-state index in [1.807, 2.05) is 0 Å². The summed E-state index contributed by atoms with van der Waals surface area (Å²) in [6.45, 7) is 0. The first kappa shape index (κ1) is 11.1. The van der Waals surface area contributed by atoms with E-state index in [-0.39, 0.29) is 0 Å². The number of benzene rings is 1. The fraction of sp³-hybridized carbons (Fsp3) is 0.0769. The van der Waals surface area contributed by atoms with Gasteiger partial charge in [0.25, 0.3) is 0 Å². The van der Waals surface area contributed by atoms with Crippen LogP contribution >= 0.6 is 0 Å². The smallest absolute Gasteiger partial charge is 0.190 e. The number of pyridine rings is 1. The molecule has 0 spiro atoms. The molecule has 1 atom stereocenters. The van der Waals surface area contributed by atoms with Gasteiger partial charge in [-0.15, -0.1) is 0 Å². The Labute approximate surface area is 105 Å². The van der Waals surface area contributed by atoms with Gasteiger partial charge in [-0.25, -0.2) is 18.4 Å². The molecule has 1 unspecified atom stereocenters. The quantitative estimate of drug-likeness (QED) is 0.830. The van der Waals surface area contributed by atoms with Gasteiger partial charge in [-0.1, -0.05) is 24.3 Å². The van der Waals surface area contributed by atoms with Gasteiger partial charge in [0.1, 0.15) is 5.25 Å². The minimum atomic E-state index is -3.44. The van der Waals surface area contributed by atoms with E-state index in [9.17, 15) is 8.42 Å². The first-order valence-electron chi connectivity index (χ1n) is 5.47. The summed E-state index contributed by atoms with van der Waals surface area (Å²) in [6.07, 6.45) is 3.05. The van der Waals surface area contributed by atoms with Gasteiger partial charge in [-0.2, -0.15) is 0 Å². The lowest BCUT2D eigenvalue weighted by molar-refractivity contribution is 0.593. The van der Waals surface area contributed by atoms with Crippen LogP contribution in [0.5, 0.6) is 0 Å². The van der Waals surface area contributed by atoms with E-state index in [1.54, 1.807) is 48.7 Å². The molecule has 2 heterocycles. The minimum Gasteiger partial charge on any atom is -0.240 e. The second-order valence-corrected chi connectivity index (χ2v) is 6.04. The Morgan fingerprint density at radius 2 is 1.78 bits per heavy atom. The predicted octanol–water partition coefficient (Wildman–Crippen LogP) is 2.31. The number of aromatic nitrogens is 1. The fourth-order valence-electron chi connectivity index (χ4n) is 1.96. The highest BCUT2D eigenvalue weighted by Crippen LogP contribution is 2.36. The average Bonchev–Trinajstić information content (AvgIpc) is 2.84. The molecule has 0 bridgehead atoms. The Morgan fingerprint density at radius 1 is 1.00 bits per heavy atom. The van der Waals surface area contributed by atoms with E-state index in [1.165, 1.54) is 6.21 Å². The molecular formula is C13H10N2O2S. The Morgan fingerprint density at radius 3 is 2.56 bits per heavy atom. The van der Waals surface area contributed by atoms with Crippen molar-refractivity contribution in [3.8, 4) is 0 Å². The Hall–Kier alpha value is -2.01. The van der Waals surface area contributed by atoms with E-state index >= 15 is 0 Å². The van der Waals surface area contributed by atoms with Gasteiger partial charge in [0.05, 0.1) is 4.90 Å². The molecule has 0 fully saturated rings. The largest absolute Gasteiger partial charge is 0.240 e. The molecule has 1 aromatic heterocycles. The second kappa shape index (κ2) is 4.03. The number of nitrogens with zero attached hydrogens (tertiary/aromatic N) is 2. The van der Waals surface area contributed by atoms with Crippen LogP contribution in [0.3, 0.4) is 0 Å². The zero-order valence-electron chi connectivity index (χ0n) is 9.39. The van der Waals surface area contributed by atoms with Crippen molar-refractivity contribution in [3.63, 3.8) is 0 Å². The van der Waals surface area contributed by atoms with Crippen molar-refractivity contribution in [2.24, 2.45) is 4.99 Å². The van der Waals surface area contributed by atoms with E-state index in [0.29, 0.717) is 16.3 Å². The summed E-state index contributed by atoms with van der Waals surface area (Å²) in [5.74, 6) is 0.488. The third kappa shape index (κ3) is 1.64. The van der Waals surface area contributed by atoms with Gasteiger partial charge < -0.3 is 0 Å². The molecular weight excluding hydrogens is 248 g/mol. The van der Waals surface area contributed by atoms with E-state index in [4.69, 9.17) is 0 Å². The van der Waals surface area contributed by atoms with Gasteiger partial charge in [0.2, 0.25) is 0 Å². The third-order valence-corrected chi connectivity index (χ3v) is 4.84. The molecule has 1 aromatic carbocycles. The number of rotatable bonds is 2. The fourth-order valence-corrected chi connectivity index (χ4v) is 3.53. The lowest BCUT2D eigenvalue weighted by atomic mass is 10.2. The summed E-state index contributed by atoms with van der Waals surface area (Å²) >= 11 is 0. The molecule has 4 nitrogen and oxygen atoms in total. The number of hydrogen-bond acceptors (Lipinski definition) is 4. The molecule has 2 aromatic rings. The van der Waals surface area contributed by atoms with E-state index in [2.05, 4.69) is 9.98 Å². The van der Waals surface area contributed by atoms with Crippen molar-refractivity contribution < 1.29 is 8.42 Å². The lowest BCUT2D eigenvalue weighted by Gasteiger charge is -2.10. The molecule has 0 saturated heterocycles. The van der Waals surface area contributed by atoms with Crippen LogP contribution in [-0.4, -0.2) is 19.6 Å². The van der Waals surface area contributed by atoms with Crippen molar-refractivity contribution in [1.29, 1.82) is 0 Å². The second-order valence-electron chi connectivity index (χ2n) is 3.97. The summed E-state index contributed by atoms with van der Waals surface area (Å²) in [4.78, 5) is 8.42. The van der Waals surface area contributed by atoms with E-state index in [0.717, 1.165) is 0 Å². The lowest BCUT2D eigenvalue weighted by Crippen LogP contribution is -2.12. The molecule has 18 heavy (non-hydrogen) atoms. The summed E-state index contributed by atoms with van der Waals surface area (Å²) in [5.41, 5.74) is 0.640. The van der Waals surface area contributed by atoms with Crippen LogP contribution in [0.4, 0.5) is 5.82 Å². The summed E-state index contributed by atoms with van der Waals surface area (Å²) in [6, 6.07) is 11.9. The summed E-state index contributed by atoms with van der Waals surface area (Å²) < 4.78 is 25.0. The average molecular weight is 258 g/mol. The Kier molecular flexibility index (Phi) is 2.48. The van der Waals surface area contributed by atoms with Gasteiger partial charge >= 0.3 is 0 Å². The highest BCUT2D eigenvalue weighted by molar-refractivity contribution is 7.92. The third-order valence-electron chi connectivity index (χ3n) is 2.86. The van der Waals surface area contributed by atoms with E-state index < -0.39 is 15.1 Å². The van der Waals surface area contributed by atoms with Crippen LogP contribution in [-0.2, 0) is 9.84 Å². The van der Waals surface area contributed by atoms with Gasteiger partial charge in [0, 0.05) is 18.0 Å². The topological polar surface area (TPSA) is 59.4 Å². The maximum absolute atomic E-state index is 12.5. The van der Waals surface area contributed by atoms with Gasteiger partial charge in [-0.3, -0.25) is 0 Å². The zero-order valence-corrected chi connectivity index (χ0v) is 10.2. The molecule has 5 heteroatoms. The van der Waals surface area contributed by atoms with Crippen molar-refractivity contribution in [2.75, 3.05) is 0 Å². The molecule has 0 radical (unpaired) electrons. The van der Waals surface area contributed by atoms with Gasteiger partial charge in [0.15, 0.2) is 15.7 Å².